The van der Waals surface area contributed by atoms with Gasteiger partial charge in [-0.05, 0) is 54.2 Å². The molecule has 0 spiro atoms. The summed E-state index contributed by atoms with van der Waals surface area (Å²) in [6.07, 6.45) is 1.66. The van der Waals surface area contributed by atoms with Crippen LogP contribution in [0.3, 0.4) is 0 Å². The molecule has 7 nitrogen and oxygen atoms in total. The number of rotatable bonds is 13. The fourth-order valence-corrected chi connectivity index (χ4v) is 5.92. The summed E-state index contributed by atoms with van der Waals surface area (Å²) < 4.78 is 2.33. The normalized spacial score (nSPS) is 12.2. The Morgan fingerprint density at radius 3 is 2.38 bits per heavy atom. The lowest BCUT2D eigenvalue weighted by Gasteiger charge is -2.27. The van der Waals surface area contributed by atoms with Crippen molar-refractivity contribution in [3.05, 3.63) is 74.4 Å². The molecule has 0 unspecified atom stereocenters. The molecule has 1 aromatic heterocycles. The first-order valence-electron chi connectivity index (χ1n) is 13.8. The number of fused-ring (bicyclic) bond motifs is 1. The van der Waals surface area contributed by atoms with Crippen LogP contribution in [0, 0.1) is 15.5 Å². The molecule has 0 atom stereocenters. The van der Waals surface area contributed by atoms with Crippen LogP contribution in [0.4, 0.5) is 0 Å². The predicted molar refractivity (Wildman–Crippen MR) is 165 cm³/mol. The maximum absolute atomic E-state index is 13.4. The van der Waals surface area contributed by atoms with E-state index >= 15 is 0 Å². The van der Waals surface area contributed by atoms with E-state index in [1.165, 1.54) is 15.8 Å². The maximum Gasteiger partial charge on any atom is 0.294 e. The van der Waals surface area contributed by atoms with Gasteiger partial charge in [-0.25, -0.2) is 0 Å². The van der Waals surface area contributed by atoms with E-state index < -0.39 is 10.5 Å². The first-order chi connectivity index (χ1) is 18.7. The molecule has 2 aromatic carbocycles. The molecule has 3 aromatic rings. The van der Waals surface area contributed by atoms with E-state index in [9.17, 15) is 14.9 Å². The molecule has 1 heterocycles. The van der Waals surface area contributed by atoms with Crippen molar-refractivity contribution in [2.24, 2.45) is 5.41 Å². The Balaban J connectivity index is 2.01. The van der Waals surface area contributed by atoms with Crippen molar-refractivity contribution in [2.45, 2.75) is 89.8 Å². The Hall–Kier alpha value is -2.71. The van der Waals surface area contributed by atoms with Crippen LogP contribution < -0.4 is 5.32 Å². The third kappa shape index (κ3) is 8.64. The lowest BCUT2D eigenvalue weighted by molar-refractivity contribution is -0.757. The Kier molecular flexibility index (Phi) is 10.6. The Morgan fingerprint density at radius 2 is 1.77 bits per heavy atom. The van der Waals surface area contributed by atoms with E-state index in [0.29, 0.717) is 43.3 Å². The largest absolute Gasteiger partial charge is 0.356 e. The van der Waals surface area contributed by atoms with Crippen molar-refractivity contribution < 1.29 is 14.7 Å². The molecule has 1 N–H and O–H groups in total. The minimum Gasteiger partial charge on any atom is -0.356 e. The second kappa shape index (κ2) is 13.3. The molecule has 0 saturated carbocycles. The molecule has 0 radical (unpaired) electrons. The number of nitrogens with zero attached hydrogens (tertiary/aromatic N) is 2. The molecular weight excluding hydrogens is 546 g/mol. The summed E-state index contributed by atoms with van der Waals surface area (Å²) in [5, 5.41) is 14.5. The molecule has 0 bridgehead atoms. The summed E-state index contributed by atoms with van der Waals surface area (Å²) in [4.78, 5) is 29.3. The number of aromatic nitrogens is 1. The summed E-state index contributed by atoms with van der Waals surface area (Å²) >= 11 is 8.03. The zero-order chi connectivity index (χ0) is 29.7. The van der Waals surface area contributed by atoms with Crippen LogP contribution in [0.5, 0.6) is 0 Å². The highest BCUT2D eigenvalue weighted by atomic mass is 35.5. The average molecular weight is 588 g/mol. The standard InChI is InChI=1S/C31H42ClN3O4S/c1-21(2)23-12-15-26-25(18-23)28(40-30(3,4)5)27(34(26)20-22-10-13-24(32)14-11-22)19-31(6,7)29(36)33-16-8-9-17-39-35(37)38/h10-15,18,21H,8-9,16-17,19-20H2,1-7H3,(H,33,36). The van der Waals surface area contributed by atoms with Crippen LogP contribution in [-0.4, -0.2) is 33.5 Å². The molecule has 0 aliphatic carbocycles. The van der Waals surface area contributed by atoms with E-state index in [1.807, 2.05) is 37.7 Å². The highest BCUT2D eigenvalue weighted by molar-refractivity contribution is 8.00. The fraction of sp³-hybridized carbons (Fsp3) is 0.516. The number of nitrogens with one attached hydrogen (secondary N) is 1. The third-order valence-electron chi connectivity index (χ3n) is 6.75. The summed E-state index contributed by atoms with van der Waals surface area (Å²) in [6, 6.07) is 14.7. The van der Waals surface area contributed by atoms with Gasteiger partial charge < -0.3 is 14.7 Å². The van der Waals surface area contributed by atoms with Crippen LogP contribution in [-0.2, 0) is 22.6 Å². The Morgan fingerprint density at radius 1 is 1.10 bits per heavy atom. The number of thioether (sulfide) groups is 1. The van der Waals surface area contributed by atoms with Gasteiger partial charge in [-0.1, -0.05) is 78.3 Å². The first-order valence-corrected chi connectivity index (χ1v) is 15.0. The monoisotopic (exact) mass is 587 g/mol. The number of hydrogen-bond donors (Lipinski definition) is 1. The van der Waals surface area contributed by atoms with E-state index in [4.69, 9.17) is 11.6 Å². The van der Waals surface area contributed by atoms with Gasteiger partial charge in [0.05, 0.1) is 6.61 Å². The molecule has 3 rings (SSSR count). The number of carbonyl (C=O) groups excluding carboxylic acids is 1. The van der Waals surface area contributed by atoms with Crippen LogP contribution >= 0.6 is 23.4 Å². The SMILES string of the molecule is CC(C)c1ccc2c(c1)c(SC(C)(C)C)c(CC(C)(C)C(=O)NCCCCO[N+](=O)[O-])n2Cc1ccc(Cl)cc1. The second-order valence-corrected chi connectivity index (χ2v) is 14.5. The quantitative estimate of drug-likeness (QED) is 0.0946. The zero-order valence-electron chi connectivity index (χ0n) is 24.7. The van der Waals surface area contributed by atoms with Gasteiger partial charge in [0.1, 0.15) is 0 Å². The van der Waals surface area contributed by atoms with Crippen molar-refractivity contribution in [3.8, 4) is 0 Å². The van der Waals surface area contributed by atoms with E-state index in [1.54, 1.807) is 0 Å². The highest BCUT2D eigenvalue weighted by Gasteiger charge is 2.33. The van der Waals surface area contributed by atoms with Gasteiger partial charge in [0.25, 0.3) is 5.09 Å². The van der Waals surface area contributed by atoms with E-state index in [-0.39, 0.29) is 17.3 Å². The average Bonchev–Trinajstić information content (AvgIpc) is 3.12. The number of benzene rings is 2. The highest BCUT2D eigenvalue weighted by Crippen LogP contribution is 2.44. The fourth-order valence-electron chi connectivity index (χ4n) is 4.61. The van der Waals surface area contributed by atoms with Gasteiger partial charge in [0.2, 0.25) is 5.91 Å². The number of amides is 1. The lowest BCUT2D eigenvalue weighted by atomic mass is 9.86. The molecule has 0 aliphatic rings. The van der Waals surface area contributed by atoms with Crippen LogP contribution in [0.25, 0.3) is 10.9 Å². The minimum absolute atomic E-state index is 0.0276. The molecule has 218 valence electrons. The van der Waals surface area contributed by atoms with E-state index in [0.717, 1.165) is 16.8 Å². The lowest BCUT2D eigenvalue weighted by Crippen LogP contribution is -2.39. The van der Waals surface area contributed by atoms with Gasteiger partial charge >= 0.3 is 0 Å². The summed E-state index contributed by atoms with van der Waals surface area (Å²) in [5.74, 6) is 0.360. The van der Waals surface area contributed by atoms with Crippen molar-refractivity contribution >= 4 is 40.2 Å². The zero-order valence-corrected chi connectivity index (χ0v) is 26.2. The molecular formula is C31H42ClN3O4S. The van der Waals surface area contributed by atoms with Crippen molar-refractivity contribution in [1.82, 2.24) is 9.88 Å². The van der Waals surface area contributed by atoms with Gasteiger partial charge in [0.15, 0.2) is 0 Å². The molecule has 9 heteroatoms. The number of hydrogen-bond acceptors (Lipinski definition) is 5. The Labute approximate surface area is 247 Å². The third-order valence-corrected chi connectivity index (χ3v) is 8.27. The molecule has 40 heavy (non-hydrogen) atoms. The van der Waals surface area contributed by atoms with E-state index in [2.05, 4.69) is 79.7 Å². The molecule has 1 amide bonds. The van der Waals surface area contributed by atoms with Gasteiger partial charge in [-0.2, -0.15) is 0 Å². The maximum atomic E-state index is 13.4. The Bertz CT molecular complexity index is 1330. The predicted octanol–water partition coefficient (Wildman–Crippen LogP) is 8.03. The van der Waals surface area contributed by atoms with Gasteiger partial charge in [-0.15, -0.1) is 21.9 Å². The van der Waals surface area contributed by atoms with Crippen molar-refractivity contribution in [3.63, 3.8) is 0 Å². The molecule has 0 saturated heterocycles. The summed E-state index contributed by atoms with van der Waals surface area (Å²) in [7, 11) is 0. The number of halogens is 1. The number of unbranched alkanes of at least 4 members (excludes halogenated alkanes) is 1. The second-order valence-electron chi connectivity index (χ2n) is 12.2. The van der Waals surface area contributed by atoms with Crippen LogP contribution in [0.1, 0.15) is 84.0 Å². The van der Waals surface area contributed by atoms with Gasteiger partial charge in [0, 0.05) is 56.2 Å². The number of carbonyl (C=O) groups is 1. The molecule has 0 aliphatic heterocycles. The minimum atomic E-state index is -0.790. The summed E-state index contributed by atoms with van der Waals surface area (Å²) in [6.45, 7) is 16.2. The van der Waals surface area contributed by atoms with Crippen LogP contribution in [0.15, 0.2) is 47.4 Å². The van der Waals surface area contributed by atoms with Crippen molar-refractivity contribution in [1.29, 1.82) is 0 Å². The smallest absolute Gasteiger partial charge is 0.294 e. The first kappa shape index (κ1) is 31.8. The van der Waals surface area contributed by atoms with Gasteiger partial charge in [-0.3, -0.25) is 4.79 Å². The van der Waals surface area contributed by atoms with Crippen molar-refractivity contribution in [2.75, 3.05) is 13.2 Å². The summed E-state index contributed by atoms with van der Waals surface area (Å²) in [5.41, 5.74) is 4.05. The molecule has 0 fully saturated rings. The topological polar surface area (TPSA) is 86.4 Å². The van der Waals surface area contributed by atoms with Crippen LogP contribution in [0.2, 0.25) is 5.02 Å².